The van der Waals surface area contributed by atoms with Crippen LogP contribution >= 0.6 is 11.3 Å². The quantitative estimate of drug-likeness (QED) is 0.406. The van der Waals surface area contributed by atoms with Crippen molar-refractivity contribution in [1.82, 2.24) is 25.4 Å². The van der Waals surface area contributed by atoms with E-state index in [4.69, 9.17) is 9.47 Å². The molecule has 0 saturated carbocycles. The molecule has 4 rings (SSSR count). The van der Waals surface area contributed by atoms with E-state index in [-0.39, 0.29) is 0 Å². The number of nitrogens with one attached hydrogen (secondary N) is 2. The zero-order valence-electron chi connectivity index (χ0n) is 19.6. The van der Waals surface area contributed by atoms with E-state index in [1.165, 1.54) is 11.3 Å². The van der Waals surface area contributed by atoms with Gasteiger partial charge in [0, 0.05) is 17.7 Å². The third kappa shape index (κ3) is 4.32. The van der Waals surface area contributed by atoms with Gasteiger partial charge in [0.05, 0.1) is 30.9 Å². The second-order valence-corrected chi connectivity index (χ2v) is 8.52. The van der Waals surface area contributed by atoms with Crippen LogP contribution in [0.15, 0.2) is 36.4 Å². The van der Waals surface area contributed by atoms with Crippen molar-refractivity contribution in [1.29, 1.82) is 0 Å². The molecule has 0 spiro atoms. The van der Waals surface area contributed by atoms with Crippen LogP contribution in [-0.4, -0.2) is 40.6 Å². The summed E-state index contributed by atoms with van der Waals surface area (Å²) in [7, 11) is 3.13. The molecule has 34 heavy (non-hydrogen) atoms. The minimum absolute atomic E-state index is 0.401. The summed E-state index contributed by atoms with van der Waals surface area (Å²) in [6.07, 6.45) is 0. The second-order valence-electron chi connectivity index (χ2n) is 7.52. The van der Waals surface area contributed by atoms with Crippen LogP contribution in [0.2, 0.25) is 0 Å². The number of thiazole rings is 1. The summed E-state index contributed by atoms with van der Waals surface area (Å²) in [4.78, 5) is 34.8. The fourth-order valence-corrected chi connectivity index (χ4v) is 4.69. The van der Waals surface area contributed by atoms with Crippen molar-refractivity contribution in [3.05, 3.63) is 58.4 Å². The molecule has 0 radical (unpaired) electrons. The van der Waals surface area contributed by atoms with Crippen molar-refractivity contribution in [3.8, 4) is 22.1 Å². The molecule has 176 valence electrons. The number of hydrogen-bond acceptors (Lipinski definition) is 7. The summed E-state index contributed by atoms with van der Waals surface area (Å²) in [5.41, 5.74) is 8.41. The van der Waals surface area contributed by atoms with Crippen LogP contribution in [0.5, 0.6) is 11.5 Å². The van der Waals surface area contributed by atoms with Crippen LogP contribution in [-0.2, 0) is 6.54 Å². The molecule has 0 aliphatic rings. The molecular weight excluding hydrogens is 454 g/mol. The van der Waals surface area contributed by atoms with Crippen molar-refractivity contribution >= 4 is 34.2 Å². The topological polar surface area (TPSA) is 107 Å². The van der Waals surface area contributed by atoms with E-state index in [9.17, 15) is 9.59 Å². The smallest absolute Gasteiger partial charge is 0.281 e. The van der Waals surface area contributed by atoms with Gasteiger partial charge in [0.1, 0.15) is 15.7 Å². The number of aryl methyl sites for hydroxylation is 3. The van der Waals surface area contributed by atoms with Gasteiger partial charge in [-0.25, -0.2) is 9.97 Å². The minimum atomic E-state index is -0.442. The number of carbonyl (C=O) groups excluding carboxylic acids is 2. The highest BCUT2D eigenvalue weighted by atomic mass is 32.1. The number of nitrogens with zero attached hydrogens (tertiary/aromatic N) is 3. The number of fused-ring (bicyclic) bond motifs is 1. The van der Waals surface area contributed by atoms with Crippen molar-refractivity contribution in [3.63, 3.8) is 0 Å². The van der Waals surface area contributed by atoms with Gasteiger partial charge in [-0.1, -0.05) is 0 Å². The number of ether oxygens (including phenoxy) is 2. The fourth-order valence-electron chi connectivity index (χ4n) is 3.73. The first-order valence-electron chi connectivity index (χ1n) is 10.6. The SMILES string of the molecule is CCn1c(C)nc2cc(C(=O)NNC(=O)c3sc(-c4ccc(OC)c(OC)c4)nc3C)ccc21. The van der Waals surface area contributed by atoms with Gasteiger partial charge in [-0.05, 0) is 57.2 Å². The molecule has 0 fully saturated rings. The Labute approximate surface area is 200 Å². The van der Waals surface area contributed by atoms with Crippen LogP contribution in [0, 0.1) is 13.8 Å². The highest BCUT2D eigenvalue weighted by Crippen LogP contribution is 2.35. The molecule has 0 bridgehead atoms. The first kappa shape index (κ1) is 23.2. The maximum absolute atomic E-state index is 12.8. The van der Waals surface area contributed by atoms with E-state index in [1.54, 1.807) is 45.4 Å². The molecule has 2 amide bonds. The molecule has 0 saturated heterocycles. The van der Waals surface area contributed by atoms with Crippen molar-refractivity contribution in [2.75, 3.05) is 14.2 Å². The molecular formula is C24H25N5O4S. The van der Waals surface area contributed by atoms with E-state index in [1.807, 2.05) is 26.0 Å². The number of aromatic nitrogens is 3. The van der Waals surface area contributed by atoms with E-state index < -0.39 is 11.8 Å². The Morgan fingerprint density at radius 1 is 0.971 bits per heavy atom. The average Bonchev–Trinajstić information content (AvgIpc) is 3.39. The third-order valence-electron chi connectivity index (χ3n) is 5.44. The summed E-state index contributed by atoms with van der Waals surface area (Å²) in [6.45, 7) is 6.51. The predicted molar refractivity (Wildman–Crippen MR) is 130 cm³/mol. The fraction of sp³-hybridized carbons (Fsp3) is 0.250. The Balaban J connectivity index is 1.48. The first-order valence-corrected chi connectivity index (χ1v) is 11.4. The largest absolute Gasteiger partial charge is 0.493 e. The lowest BCUT2D eigenvalue weighted by molar-refractivity contribution is 0.0848. The molecule has 0 aliphatic heterocycles. The van der Waals surface area contributed by atoms with Gasteiger partial charge >= 0.3 is 0 Å². The van der Waals surface area contributed by atoms with E-state index in [0.29, 0.717) is 32.6 Å². The minimum Gasteiger partial charge on any atom is -0.493 e. The highest BCUT2D eigenvalue weighted by Gasteiger charge is 2.19. The van der Waals surface area contributed by atoms with Gasteiger partial charge in [0.25, 0.3) is 11.8 Å². The number of amides is 2. The van der Waals surface area contributed by atoms with Gasteiger partial charge in [-0.15, -0.1) is 11.3 Å². The molecule has 2 aromatic carbocycles. The normalized spacial score (nSPS) is 10.9. The Bertz CT molecular complexity index is 1390. The Hall–Kier alpha value is -3.92. The van der Waals surface area contributed by atoms with Gasteiger partial charge in [0.2, 0.25) is 0 Å². The summed E-state index contributed by atoms with van der Waals surface area (Å²) in [5, 5.41) is 0.655. The lowest BCUT2D eigenvalue weighted by Crippen LogP contribution is -2.41. The molecule has 10 heteroatoms. The monoisotopic (exact) mass is 479 g/mol. The van der Waals surface area contributed by atoms with E-state index >= 15 is 0 Å². The molecule has 0 atom stereocenters. The second kappa shape index (κ2) is 9.52. The molecule has 2 aromatic heterocycles. The van der Waals surface area contributed by atoms with Crippen LogP contribution in [0.3, 0.4) is 0 Å². The highest BCUT2D eigenvalue weighted by molar-refractivity contribution is 7.17. The lowest BCUT2D eigenvalue weighted by atomic mass is 10.2. The van der Waals surface area contributed by atoms with E-state index in [0.717, 1.165) is 29.0 Å². The maximum Gasteiger partial charge on any atom is 0.281 e. The van der Waals surface area contributed by atoms with Crippen LogP contribution in [0.4, 0.5) is 0 Å². The number of hydrazine groups is 1. The number of hydrogen-bond donors (Lipinski definition) is 2. The number of methoxy groups -OCH3 is 2. The summed E-state index contributed by atoms with van der Waals surface area (Å²) < 4.78 is 12.7. The zero-order chi connectivity index (χ0) is 24.4. The van der Waals surface area contributed by atoms with Gasteiger partial charge in [-0.3, -0.25) is 20.4 Å². The Morgan fingerprint density at radius 2 is 1.71 bits per heavy atom. The molecule has 9 nitrogen and oxygen atoms in total. The summed E-state index contributed by atoms with van der Waals surface area (Å²) in [6, 6.07) is 10.7. The van der Waals surface area contributed by atoms with Gasteiger partial charge < -0.3 is 14.0 Å². The molecule has 4 aromatic rings. The Morgan fingerprint density at radius 3 is 2.41 bits per heavy atom. The average molecular weight is 480 g/mol. The number of rotatable bonds is 6. The van der Waals surface area contributed by atoms with Gasteiger partial charge in [0.15, 0.2) is 11.5 Å². The van der Waals surface area contributed by atoms with Crippen LogP contribution in [0.1, 0.15) is 38.5 Å². The Kier molecular flexibility index (Phi) is 6.51. The molecule has 2 heterocycles. The number of imidazole rings is 1. The standard InChI is InChI=1S/C24H25N5O4S/c1-6-29-14(3)26-17-11-15(7-9-18(17)29)22(30)27-28-23(31)21-13(2)25-24(34-21)16-8-10-19(32-4)20(12-16)33-5/h7-12H,6H2,1-5H3,(H,27,30)(H,28,31). The van der Waals surface area contributed by atoms with Gasteiger partial charge in [-0.2, -0.15) is 0 Å². The number of carbonyl (C=O) groups is 2. The summed E-state index contributed by atoms with van der Waals surface area (Å²) in [5.74, 6) is 1.19. The zero-order valence-corrected chi connectivity index (χ0v) is 20.4. The number of benzene rings is 2. The first-order chi connectivity index (χ1) is 16.4. The predicted octanol–water partition coefficient (Wildman–Crippen LogP) is 3.89. The van der Waals surface area contributed by atoms with Crippen LogP contribution in [0.25, 0.3) is 21.6 Å². The third-order valence-corrected chi connectivity index (χ3v) is 6.65. The molecule has 0 unspecified atom stereocenters. The van der Waals surface area contributed by atoms with Crippen molar-refractivity contribution in [2.24, 2.45) is 0 Å². The lowest BCUT2D eigenvalue weighted by Gasteiger charge is -2.08. The van der Waals surface area contributed by atoms with Crippen LogP contribution < -0.4 is 20.3 Å². The van der Waals surface area contributed by atoms with Crippen molar-refractivity contribution < 1.29 is 19.1 Å². The molecule has 2 N–H and O–H groups in total. The van der Waals surface area contributed by atoms with Crippen molar-refractivity contribution in [2.45, 2.75) is 27.3 Å². The molecule has 0 aliphatic carbocycles. The summed E-state index contributed by atoms with van der Waals surface area (Å²) >= 11 is 1.23. The van der Waals surface area contributed by atoms with E-state index in [2.05, 4.69) is 25.4 Å². The maximum atomic E-state index is 12.8.